The van der Waals surface area contributed by atoms with Crippen molar-refractivity contribution in [2.45, 2.75) is 19.9 Å². The minimum absolute atomic E-state index is 0.222. The SMILES string of the molecule is Cc1c(-c2ccccc2)cccc1-c1ccn2c(-c3ccc(CNCCCO)cc3)cnc2c1. The Bertz CT molecular complexity index is 1390. The van der Waals surface area contributed by atoms with Gasteiger partial charge in [-0.05, 0) is 65.4 Å². The Morgan fingerprint density at radius 1 is 0.824 bits per heavy atom. The van der Waals surface area contributed by atoms with E-state index in [2.05, 4.69) is 108 Å². The lowest BCUT2D eigenvalue weighted by Gasteiger charge is -2.12. The first-order chi connectivity index (χ1) is 16.7. The Balaban J connectivity index is 1.42. The van der Waals surface area contributed by atoms with Gasteiger partial charge in [0, 0.05) is 24.9 Å². The second kappa shape index (κ2) is 10.0. The number of hydrogen-bond donors (Lipinski definition) is 2. The number of benzene rings is 3. The van der Waals surface area contributed by atoms with Crippen LogP contribution < -0.4 is 5.32 Å². The Morgan fingerprint density at radius 2 is 1.59 bits per heavy atom. The summed E-state index contributed by atoms with van der Waals surface area (Å²) < 4.78 is 2.15. The zero-order chi connectivity index (χ0) is 23.3. The quantitative estimate of drug-likeness (QED) is 0.282. The van der Waals surface area contributed by atoms with Crippen LogP contribution in [0.4, 0.5) is 0 Å². The second-order valence-corrected chi connectivity index (χ2v) is 8.58. The Morgan fingerprint density at radius 3 is 2.35 bits per heavy atom. The van der Waals surface area contributed by atoms with Crippen molar-refractivity contribution in [3.05, 3.63) is 108 Å². The smallest absolute Gasteiger partial charge is 0.137 e. The number of hydrogen-bond acceptors (Lipinski definition) is 3. The van der Waals surface area contributed by atoms with E-state index in [1.54, 1.807) is 0 Å². The molecule has 4 heteroatoms. The molecule has 0 aliphatic heterocycles. The van der Waals surface area contributed by atoms with Gasteiger partial charge >= 0.3 is 0 Å². The van der Waals surface area contributed by atoms with Crippen molar-refractivity contribution in [3.8, 4) is 33.5 Å². The van der Waals surface area contributed by atoms with Gasteiger partial charge in [0.2, 0.25) is 0 Å². The summed E-state index contributed by atoms with van der Waals surface area (Å²) in [5.41, 5.74) is 10.5. The highest BCUT2D eigenvalue weighted by molar-refractivity contribution is 5.80. The lowest BCUT2D eigenvalue weighted by molar-refractivity contribution is 0.286. The summed E-state index contributed by atoms with van der Waals surface area (Å²) in [6.45, 7) is 4.04. The average Bonchev–Trinajstić information content (AvgIpc) is 3.31. The second-order valence-electron chi connectivity index (χ2n) is 8.58. The lowest BCUT2D eigenvalue weighted by Crippen LogP contribution is -2.15. The number of aliphatic hydroxyl groups excluding tert-OH is 1. The maximum Gasteiger partial charge on any atom is 0.137 e. The van der Waals surface area contributed by atoms with Crippen LogP contribution in [0.5, 0.6) is 0 Å². The number of aromatic nitrogens is 2. The summed E-state index contributed by atoms with van der Waals surface area (Å²) in [6, 6.07) is 30.0. The van der Waals surface area contributed by atoms with Gasteiger partial charge in [-0.3, -0.25) is 4.40 Å². The van der Waals surface area contributed by atoms with E-state index in [1.165, 1.54) is 33.4 Å². The first-order valence-electron chi connectivity index (χ1n) is 11.8. The maximum absolute atomic E-state index is 8.90. The van der Waals surface area contributed by atoms with Crippen molar-refractivity contribution in [1.82, 2.24) is 14.7 Å². The minimum atomic E-state index is 0.222. The predicted octanol–water partition coefficient (Wildman–Crippen LogP) is 6.12. The fourth-order valence-corrected chi connectivity index (χ4v) is 4.47. The molecule has 0 saturated heterocycles. The molecule has 2 heterocycles. The van der Waals surface area contributed by atoms with E-state index in [9.17, 15) is 0 Å². The van der Waals surface area contributed by atoms with Crippen molar-refractivity contribution in [2.75, 3.05) is 13.2 Å². The minimum Gasteiger partial charge on any atom is -0.396 e. The van der Waals surface area contributed by atoms with Gasteiger partial charge in [0.05, 0.1) is 11.9 Å². The molecular formula is C30H29N3O. The molecule has 5 rings (SSSR count). The fourth-order valence-electron chi connectivity index (χ4n) is 4.47. The van der Waals surface area contributed by atoms with Crippen LogP contribution in [0.25, 0.3) is 39.2 Å². The standard InChI is InChI=1S/C30H29N3O/c1-22-27(24-7-3-2-4-8-24)9-5-10-28(22)26-15-17-33-29(21-32-30(33)19-26)25-13-11-23(12-14-25)20-31-16-6-18-34/h2-5,7-15,17,19,21,31,34H,6,16,18,20H2,1H3. The van der Waals surface area contributed by atoms with E-state index in [0.717, 1.165) is 36.4 Å². The van der Waals surface area contributed by atoms with Gasteiger partial charge in [0.25, 0.3) is 0 Å². The van der Waals surface area contributed by atoms with Crippen LogP contribution in [0.15, 0.2) is 97.3 Å². The number of nitrogens with zero attached hydrogens (tertiary/aromatic N) is 2. The summed E-state index contributed by atoms with van der Waals surface area (Å²) in [7, 11) is 0. The van der Waals surface area contributed by atoms with Crippen LogP contribution in [-0.4, -0.2) is 27.6 Å². The number of pyridine rings is 1. The fraction of sp³-hybridized carbons (Fsp3) is 0.167. The molecule has 2 aromatic heterocycles. The normalized spacial score (nSPS) is 11.2. The van der Waals surface area contributed by atoms with Gasteiger partial charge in [-0.2, -0.15) is 0 Å². The van der Waals surface area contributed by atoms with Crippen LogP contribution in [0.2, 0.25) is 0 Å². The summed E-state index contributed by atoms with van der Waals surface area (Å²) in [5.74, 6) is 0. The molecule has 0 saturated carbocycles. The molecule has 0 unspecified atom stereocenters. The molecule has 0 atom stereocenters. The highest BCUT2D eigenvalue weighted by atomic mass is 16.3. The molecule has 34 heavy (non-hydrogen) atoms. The summed E-state index contributed by atoms with van der Waals surface area (Å²) in [5, 5.41) is 12.2. The Labute approximate surface area is 200 Å². The molecule has 0 bridgehead atoms. The van der Waals surface area contributed by atoms with E-state index in [1.807, 2.05) is 6.20 Å². The molecule has 0 spiro atoms. The summed E-state index contributed by atoms with van der Waals surface area (Å²) in [4.78, 5) is 4.71. The van der Waals surface area contributed by atoms with Gasteiger partial charge < -0.3 is 10.4 Å². The number of aliphatic hydroxyl groups is 1. The number of nitrogens with one attached hydrogen (secondary N) is 1. The van der Waals surface area contributed by atoms with Gasteiger partial charge in [0.15, 0.2) is 0 Å². The van der Waals surface area contributed by atoms with E-state index < -0.39 is 0 Å². The van der Waals surface area contributed by atoms with Gasteiger partial charge in [-0.15, -0.1) is 0 Å². The topological polar surface area (TPSA) is 49.6 Å². The van der Waals surface area contributed by atoms with Gasteiger partial charge in [-0.1, -0.05) is 72.8 Å². The molecule has 0 aliphatic rings. The van der Waals surface area contributed by atoms with E-state index in [0.29, 0.717) is 0 Å². The van der Waals surface area contributed by atoms with Crippen LogP contribution >= 0.6 is 0 Å². The largest absolute Gasteiger partial charge is 0.396 e. The highest BCUT2D eigenvalue weighted by Crippen LogP contribution is 2.32. The van der Waals surface area contributed by atoms with Crippen LogP contribution in [0.3, 0.4) is 0 Å². The van der Waals surface area contributed by atoms with Gasteiger partial charge in [-0.25, -0.2) is 4.98 Å². The molecule has 0 aliphatic carbocycles. The maximum atomic E-state index is 8.90. The Kier molecular flexibility index (Phi) is 6.52. The monoisotopic (exact) mass is 447 g/mol. The van der Waals surface area contributed by atoms with Crippen molar-refractivity contribution in [3.63, 3.8) is 0 Å². The zero-order valence-corrected chi connectivity index (χ0v) is 19.4. The van der Waals surface area contributed by atoms with E-state index in [4.69, 9.17) is 10.1 Å². The third kappa shape index (κ3) is 4.51. The predicted molar refractivity (Wildman–Crippen MR) is 140 cm³/mol. The van der Waals surface area contributed by atoms with Crippen LogP contribution in [0, 0.1) is 6.92 Å². The van der Waals surface area contributed by atoms with Crippen LogP contribution in [0.1, 0.15) is 17.5 Å². The first kappa shape index (κ1) is 22.1. The number of rotatable bonds is 8. The molecule has 0 amide bonds. The highest BCUT2D eigenvalue weighted by Gasteiger charge is 2.11. The molecule has 4 nitrogen and oxygen atoms in total. The number of fused-ring (bicyclic) bond motifs is 1. The van der Waals surface area contributed by atoms with Crippen LogP contribution in [-0.2, 0) is 6.54 Å². The van der Waals surface area contributed by atoms with Crippen molar-refractivity contribution >= 4 is 5.65 Å². The zero-order valence-electron chi connectivity index (χ0n) is 19.4. The van der Waals surface area contributed by atoms with Crippen molar-refractivity contribution in [1.29, 1.82) is 0 Å². The average molecular weight is 448 g/mol. The molecule has 5 aromatic rings. The summed E-state index contributed by atoms with van der Waals surface area (Å²) in [6.07, 6.45) is 4.84. The number of imidazole rings is 1. The van der Waals surface area contributed by atoms with Gasteiger partial charge in [0.1, 0.15) is 5.65 Å². The third-order valence-electron chi connectivity index (χ3n) is 6.33. The summed E-state index contributed by atoms with van der Waals surface area (Å²) >= 11 is 0. The Hall–Kier alpha value is -3.73. The molecule has 3 aromatic carbocycles. The molecule has 0 fully saturated rings. The van der Waals surface area contributed by atoms with E-state index in [-0.39, 0.29) is 6.61 Å². The van der Waals surface area contributed by atoms with Crippen molar-refractivity contribution in [2.24, 2.45) is 0 Å². The lowest BCUT2D eigenvalue weighted by atomic mass is 9.93. The third-order valence-corrected chi connectivity index (χ3v) is 6.33. The first-order valence-corrected chi connectivity index (χ1v) is 11.8. The van der Waals surface area contributed by atoms with E-state index >= 15 is 0 Å². The molecule has 2 N–H and O–H groups in total. The molecule has 0 radical (unpaired) electrons. The molecule has 170 valence electrons. The molecular weight excluding hydrogens is 418 g/mol. The van der Waals surface area contributed by atoms with Crippen molar-refractivity contribution < 1.29 is 5.11 Å².